The van der Waals surface area contributed by atoms with E-state index in [0.29, 0.717) is 19.2 Å². The van der Waals surface area contributed by atoms with Crippen LogP contribution >= 0.6 is 0 Å². The number of furan rings is 1. The summed E-state index contributed by atoms with van der Waals surface area (Å²) in [4.78, 5) is 2.30. The molecule has 142 valence electrons. The standard InChI is InChI=1S/C20H27NO5/c1-23-19-8-15(9-20(10-19)24-2)11-21(16-5-6-16)12-17(22)13-25-14-18-4-3-7-26-18/h3-4,7-10,16-17,22H,5-6,11-14H2,1-2H3. The van der Waals surface area contributed by atoms with Crippen LogP contribution in [0.5, 0.6) is 11.5 Å². The van der Waals surface area contributed by atoms with Crippen molar-refractivity contribution in [1.82, 2.24) is 4.90 Å². The molecule has 0 amide bonds. The maximum atomic E-state index is 10.4. The van der Waals surface area contributed by atoms with Crippen molar-refractivity contribution in [2.45, 2.75) is 38.1 Å². The Hall–Kier alpha value is -2.02. The Kier molecular flexibility index (Phi) is 6.55. The molecule has 1 N–H and O–H groups in total. The average Bonchev–Trinajstić information content (AvgIpc) is 3.37. The first-order valence-corrected chi connectivity index (χ1v) is 8.92. The third kappa shape index (κ3) is 5.49. The highest BCUT2D eigenvalue weighted by Crippen LogP contribution is 2.30. The first-order chi connectivity index (χ1) is 12.7. The number of aliphatic hydroxyl groups is 1. The zero-order valence-electron chi connectivity index (χ0n) is 15.4. The highest BCUT2D eigenvalue weighted by molar-refractivity contribution is 5.38. The van der Waals surface area contributed by atoms with Gasteiger partial charge in [-0.1, -0.05) is 0 Å². The summed E-state index contributed by atoms with van der Waals surface area (Å²) < 4.78 is 21.5. The van der Waals surface area contributed by atoms with Gasteiger partial charge in [-0.3, -0.25) is 4.90 Å². The van der Waals surface area contributed by atoms with Gasteiger partial charge in [-0.05, 0) is 42.7 Å². The molecule has 1 unspecified atom stereocenters. The largest absolute Gasteiger partial charge is 0.497 e. The number of hydrogen-bond donors (Lipinski definition) is 1. The number of aliphatic hydroxyl groups excluding tert-OH is 1. The van der Waals surface area contributed by atoms with Gasteiger partial charge in [0.25, 0.3) is 0 Å². The van der Waals surface area contributed by atoms with Crippen LogP contribution in [-0.4, -0.2) is 49.5 Å². The Bertz CT molecular complexity index is 647. The average molecular weight is 361 g/mol. The summed E-state index contributed by atoms with van der Waals surface area (Å²) in [7, 11) is 3.30. The van der Waals surface area contributed by atoms with Gasteiger partial charge in [-0.2, -0.15) is 0 Å². The second-order valence-electron chi connectivity index (χ2n) is 6.63. The van der Waals surface area contributed by atoms with Crippen molar-refractivity contribution in [3.63, 3.8) is 0 Å². The predicted molar refractivity (Wildman–Crippen MR) is 97.3 cm³/mol. The van der Waals surface area contributed by atoms with Gasteiger partial charge in [0, 0.05) is 25.2 Å². The fourth-order valence-corrected chi connectivity index (χ4v) is 2.99. The molecule has 2 aromatic rings. The highest BCUT2D eigenvalue weighted by Gasteiger charge is 2.30. The molecular formula is C20H27NO5. The van der Waals surface area contributed by atoms with Gasteiger partial charge < -0.3 is 23.7 Å². The maximum Gasteiger partial charge on any atom is 0.129 e. The minimum atomic E-state index is -0.543. The van der Waals surface area contributed by atoms with Crippen LogP contribution in [0.25, 0.3) is 0 Å². The van der Waals surface area contributed by atoms with E-state index in [-0.39, 0.29) is 6.61 Å². The van der Waals surface area contributed by atoms with Crippen LogP contribution in [0.2, 0.25) is 0 Å². The Balaban J connectivity index is 1.54. The van der Waals surface area contributed by atoms with Crippen LogP contribution in [-0.2, 0) is 17.9 Å². The second-order valence-corrected chi connectivity index (χ2v) is 6.63. The molecule has 1 fully saturated rings. The van der Waals surface area contributed by atoms with E-state index in [1.807, 2.05) is 30.3 Å². The lowest BCUT2D eigenvalue weighted by Crippen LogP contribution is -2.36. The number of nitrogens with zero attached hydrogens (tertiary/aromatic N) is 1. The highest BCUT2D eigenvalue weighted by atomic mass is 16.5. The summed E-state index contributed by atoms with van der Waals surface area (Å²) in [5.41, 5.74) is 1.11. The number of benzene rings is 1. The molecule has 3 rings (SSSR count). The monoisotopic (exact) mass is 361 g/mol. The van der Waals surface area contributed by atoms with Crippen molar-refractivity contribution in [3.05, 3.63) is 47.9 Å². The van der Waals surface area contributed by atoms with E-state index in [0.717, 1.165) is 29.4 Å². The Morgan fingerprint density at radius 2 is 1.92 bits per heavy atom. The van der Waals surface area contributed by atoms with Crippen molar-refractivity contribution in [2.75, 3.05) is 27.4 Å². The molecule has 26 heavy (non-hydrogen) atoms. The molecule has 0 aliphatic heterocycles. The molecule has 0 spiro atoms. The zero-order valence-corrected chi connectivity index (χ0v) is 15.4. The van der Waals surface area contributed by atoms with Gasteiger partial charge in [0.05, 0.1) is 33.2 Å². The van der Waals surface area contributed by atoms with E-state index in [9.17, 15) is 5.11 Å². The summed E-state index contributed by atoms with van der Waals surface area (Å²) in [6.07, 6.45) is 3.41. The molecule has 1 aliphatic carbocycles. The fourth-order valence-electron chi connectivity index (χ4n) is 2.99. The van der Waals surface area contributed by atoms with Crippen LogP contribution < -0.4 is 9.47 Å². The molecule has 0 radical (unpaired) electrons. The van der Waals surface area contributed by atoms with Gasteiger partial charge in [0.15, 0.2) is 0 Å². The minimum Gasteiger partial charge on any atom is -0.497 e. The number of ether oxygens (including phenoxy) is 3. The minimum absolute atomic E-state index is 0.283. The third-order valence-electron chi connectivity index (χ3n) is 4.44. The van der Waals surface area contributed by atoms with E-state index in [4.69, 9.17) is 18.6 Å². The van der Waals surface area contributed by atoms with Gasteiger partial charge >= 0.3 is 0 Å². The van der Waals surface area contributed by atoms with Crippen molar-refractivity contribution in [3.8, 4) is 11.5 Å². The van der Waals surface area contributed by atoms with Crippen molar-refractivity contribution in [2.24, 2.45) is 0 Å². The summed E-state index contributed by atoms with van der Waals surface area (Å²) in [5.74, 6) is 2.31. The van der Waals surface area contributed by atoms with E-state index >= 15 is 0 Å². The Morgan fingerprint density at radius 1 is 1.19 bits per heavy atom. The summed E-state index contributed by atoms with van der Waals surface area (Å²) in [5, 5.41) is 10.4. The second kappa shape index (κ2) is 9.07. The van der Waals surface area contributed by atoms with Crippen LogP contribution in [0.3, 0.4) is 0 Å². The van der Waals surface area contributed by atoms with Gasteiger partial charge in [-0.25, -0.2) is 0 Å². The smallest absolute Gasteiger partial charge is 0.129 e. The predicted octanol–water partition coefficient (Wildman–Crippen LogP) is 2.84. The molecule has 1 saturated carbocycles. The molecule has 1 aromatic carbocycles. The van der Waals surface area contributed by atoms with E-state index in [2.05, 4.69) is 4.90 Å². The van der Waals surface area contributed by atoms with Crippen LogP contribution in [0.15, 0.2) is 41.0 Å². The summed E-state index contributed by atoms with van der Waals surface area (Å²) in [6.45, 7) is 1.97. The topological polar surface area (TPSA) is 64.3 Å². The molecule has 6 heteroatoms. The van der Waals surface area contributed by atoms with Crippen molar-refractivity contribution in [1.29, 1.82) is 0 Å². The van der Waals surface area contributed by atoms with Gasteiger partial charge in [0.2, 0.25) is 0 Å². The lowest BCUT2D eigenvalue weighted by molar-refractivity contribution is 0.00245. The molecule has 1 heterocycles. The van der Waals surface area contributed by atoms with Gasteiger partial charge in [0.1, 0.15) is 23.9 Å². The van der Waals surface area contributed by atoms with E-state index in [1.54, 1.807) is 20.5 Å². The molecule has 1 aliphatic rings. The van der Waals surface area contributed by atoms with Crippen molar-refractivity contribution < 1.29 is 23.7 Å². The van der Waals surface area contributed by atoms with E-state index in [1.165, 1.54) is 12.8 Å². The normalized spacial score (nSPS) is 15.2. The van der Waals surface area contributed by atoms with E-state index < -0.39 is 6.10 Å². The SMILES string of the molecule is COc1cc(CN(CC(O)COCc2ccco2)C2CC2)cc(OC)c1. The lowest BCUT2D eigenvalue weighted by atomic mass is 10.1. The molecule has 1 atom stereocenters. The van der Waals surface area contributed by atoms with Crippen LogP contribution in [0.1, 0.15) is 24.2 Å². The molecular weight excluding hydrogens is 334 g/mol. The molecule has 6 nitrogen and oxygen atoms in total. The number of hydrogen-bond acceptors (Lipinski definition) is 6. The Labute approximate surface area is 154 Å². The lowest BCUT2D eigenvalue weighted by Gasteiger charge is -2.25. The van der Waals surface area contributed by atoms with Crippen molar-refractivity contribution >= 4 is 0 Å². The first-order valence-electron chi connectivity index (χ1n) is 8.92. The number of rotatable bonds is 11. The van der Waals surface area contributed by atoms with Crippen LogP contribution in [0.4, 0.5) is 0 Å². The maximum absolute atomic E-state index is 10.4. The molecule has 0 bridgehead atoms. The zero-order chi connectivity index (χ0) is 18.4. The molecule has 1 aromatic heterocycles. The molecule has 0 saturated heterocycles. The quantitative estimate of drug-likeness (QED) is 0.664. The fraction of sp³-hybridized carbons (Fsp3) is 0.500. The summed E-state index contributed by atoms with van der Waals surface area (Å²) >= 11 is 0. The number of methoxy groups -OCH3 is 2. The van der Waals surface area contributed by atoms with Crippen LogP contribution in [0, 0.1) is 0 Å². The summed E-state index contributed by atoms with van der Waals surface area (Å²) in [6, 6.07) is 10.1. The third-order valence-corrected chi connectivity index (χ3v) is 4.44. The first kappa shape index (κ1) is 18.8. The Morgan fingerprint density at radius 3 is 2.50 bits per heavy atom. The van der Waals surface area contributed by atoms with Gasteiger partial charge in [-0.15, -0.1) is 0 Å².